The van der Waals surface area contributed by atoms with Gasteiger partial charge in [0.15, 0.2) is 5.82 Å². The first-order valence-corrected chi connectivity index (χ1v) is 8.84. The maximum atomic E-state index is 10.0. The van der Waals surface area contributed by atoms with E-state index in [2.05, 4.69) is 21.0 Å². The van der Waals surface area contributed by atoms with E-state index in [0.29, 0.717) is 11.4 Å². The molecule has 0 unspecified atom stereocenters. The molecule has 0 atom stereocenters. The van der Waals surface area contributed by atoms with Gasteiger partial charge in [0.25, 0.3) is 0 Å². The van der Waals surface area contributed by atoms with Crippen LogP contribution in [0.25, 0.3) is 22.6 Å². The summed E-state index contributed by atoms with van der Waals surface area (Å²) in [7, 11) is 0. The van der Waals surface area contributed by atoms with Gasteiger partial charge in [-0.25, -0.2) is 9.97 Å². The zero-order valence-corrected chi connectivity index (χ0v) is 17.1. The molecule has 0 bridgehead atoms. The van der Waals surface area contributed by atoms with E-state index in [-0.39, 0.29) is 26.8 Å². The molecule has 4 nitrogen and oxygen atoms in total. The SMILES string of the molecule is Oc1ccccc1-c1nccc(-c2[c-]c(Sc3ccccn3)ccc2)n1.[Pt]. The van der Waals surface area contributed by atoms with Gasteiger partial charge in [-0.3, -0.25) is 4.98 Å². The van der Waals surface area contributed by atoms with Crippen LogP contribution in [0.1, 0.15) is 0 Å². The van der Waals surface area contributed by atoms with Gasteiger partial charge in [-0.1, -0.05) is 40.9 Å². The van der Waals surface area contributed by atoms with Gasteiger partial charge in [0, 0.05) is 33.5 Å². The van der Waals surface area contributed by atoms with E-state index >= 15 is 0 Å². The van der Waals surface area contributed by atoms with Gasteiger partial charge in [-0.2, -0.15) is 0 Å². The molecule has 0 saturated heterocycles. The van der Waals surface area contributed by atoms with Crippen LogP contribution in [0.5, 0.6) is 5.75 Å². The van der Waals surface area contributed by atoms with Crippen molar-refractivity contribution >= 4 is 11.8 Å². The summed E-state index contributed by atoms with van der Waals surface area (Å²) in [5.74, 6) is 0.643. The zero-order valence-electron chi connectivity index (χ0n) is 14.0. The van der Waals surface area contributed by atoms with Gasteiger partial charge >= 0.3 is 0 Å². The van der Waals surface area contributed by atoms with Crippen molar-refractivity contribution in [3.63, 3.8) is 0 Å². The molecule has 4 rings (SSSR count). The molecule has 136 valence electrons. The van der Waals surface area contributed by atoms with Crippen LogP contribution >= 0.6 is 11.8 Å². The molecule has 27 heavy (non-hydrogen) atoms. The summed E-state index contributed by atoms with van der Waals surface area (Å²) < 4.78 is 0. The van der Waals surface area contributed by atoms with Crippen molar-refractivity contribution in [2.24, 2.45) is 0 Å². The fourth-order valence-corrected chi connectivity index (χ4v) is 3.27. The van der Waals surface area contributed by atoms with E-state index in [1.165, 1.54) is 0 Å². The van der Waals surface area contributed by atoms with Crippen LogP contribution in [-0.4, -0.2) is 20.1 Å². The van der Waals surface area contributed by atoms with Crippen LogP contribution in [0.2, 0.25) is 0 Å². The third-order valence-electron chi connectivity index (χ3n) is 3.70. The second-order valence-corrected chi connectivity index (χ2v) is 6.54. The third-order valence-corrected chi connectivity index (χ3v) is 4.61. The van der Waals surface area contributed by atoms with Crippen LogP contribution in [0.15, 0.2) is 89.0 Å². The Morgan fingerprint density at radius 1 is 0.815 bits per heavy atom. The molecule has 2 heterocycles. The minimum atomic E-state index is 0. The van der Waals surface area contributed by atoms with E-state index in [1.54, 1.807) is 42.4 Å². The second kappa shape index (κ2) is 8.94. The van der Waals surface area contributed by atoms with Crippen LogP contribution in [0.4, 0.5) is 0 Å². The van der Waals surface area contributed by atoms with E-state index in [0.717, 1.165) is 21.2 Å². The van der Waals surface area contributed by atoms with E-state index in [4.69, 9.17) is 0 Å². The second-order valence-electron chi connectivity index (χ2n) is 5.48. The Hall–Kier alpha value is -2.49. The molecule has 6 heteroatoms. The molecule has 0 radical (unpaired) electrons. The number of aromatic nitrogens is 3. The van der Waals surface area contributed by atoms with Crippen LogP contribution in [0, 0.1) is 6.07 Å². The Morgan fingerprint density at radius 3 is 2.48 bits per heavy atom. The Bertz CT molecular complexity index is 1040. The van der Waals surface area contributed by atoms with Crippen LogP contribution in [0.3, 0.4) is 0 Å². The van der Waals surface area contributed by atoms with Gasteiger partial charge in [-0.05, 0) is 30.0 Å². The summed E-state index contributed by atoms with van der Waals surface area (Å²) in [6.07, 6.45) is 3.46. The predicted molar refractivity (Wildman–Crippen MR) is 102 cm³/mol. The maximum Gasteiger partial charge on any atom is 0.154 e. The fourth-order valence-electron chi connectivity index (χ4n) is 2.48. The summed E-state index contributed by atoms with van der Waals surface area (Å²) in [6, 6.07) is 24.0. The standard InChI is InChI=1S/C21H14N3OS.Pt/c25-19-9-2-1-8-17(19)21-23-13-11-18(24-21)15-6-5-7-16(14-15)26-20-10-3-4-12-22-20;/h1-13,25H;/q-1;. The summed E-state index contributed by atoms with van der Waals surface area (Å²) in [6.45, 7) is 0. The molecule has 4 aromatic rings. The number of rotatable bonds is 4. The minimum absolute atomic E-state index is 0. The quantitative estimate of drug-likeness (QED) is 0.368. The van der Waals surface area contributed by atoms with Crippen molar-refractivity contribution in [1.82, 2.24) is 15.0 Å². The number of aromatic hydroxyl groups is 1. The number of benzene rings is 2. The van der Waals surface area contributed by atoms with Crippen molar-refractivity contribution in [3.8, 4) is 28.4 Å². The number of phenols is 1. The zero-order chi connectivity index (χ0) is 17.8. The molecule has 0 aliphatic heterocycles. The van der Waals surface area contributed by atoms with E-state index in [9.17, 15) is 5.11 Å². The fraction of sp³-hybridized carbons (Fsp3) is 0. The summed E-state index contributed by atoms with van der Waals surface area (Å²) in [4.78, 5) is 14.2. The normalized spacial score (nSPS) is 10.2. The Labute approximate surface area is 176 Å². The van der Waals surface area contributed by atoms with Gasteiger partial charge in [-0.15, -0.1) is 29.8 Å². The number of nitrogens with zero attached hydrogens (tertiary/aromatic N) is 3. The molecule has 0 spiro atoms. The van der Waals surface area contributed by atoms with Crippen molar-refractivity contribution < 1.29 is 26.2 Å². The third kappa shape index (κ3) is 4.62. The van der Waals surface area contributed by atoms with E-state index < -0.39 is 0 Å². The molecule has 0 amide bonds. The summed E-state index contributed by atoms with van der Waals surface area (Å²) in [5.41, 5.74) is 2.22. The van der Waals surface area contributed by atoms with Crippen LogP contribution < -0.4 is 0 Å². The Kier molecular flexibility index (Phi) is 6.38. The maximum absolute atomic E-state index is 10.0. The number of hydrogen-bond donors (Lipinski definition) is 1. The van der Waals surface area contributed by atoms with E-state index in [1.807, 2.05) is 48.5 Å². The molecular formula is C21H14N3OPtS-. The first kappa shape index (κ1) is 19.3. The molecule has 2 aromatic carbocycles. The topological polar surface area (TPSA) is 58.9 Å². The number of hydrogen-bond acceptors (Lipinski definition) is 5. The predicted octanol–water partition coefficient (Wildman–Crippen LogP) is 4.86. The van der Waals surface area contributed by atoms with Crippen molar-refractivity contribution in [3.05, 3.63) is 85.2 Å². The van der Waals surface area contributed by atoms with Crippen molar-refractivity contribution in [1.29, 1.82) is 0 Å². The minimum Gasteiger partial charge on any atom is -0.507 e. The Balaban J connectivity index is 0.00000210. The van der Waals surface area contributed by atoms with Gasteiger partial charge in [0.05, 0.1) is 10.6 Å². The number of para-hydroxylation sites is 1. The van der Waals surface area contributed by atoms with Gasteiger partial charge in [0.1, 0.15) is 5.75 Å². The summed E-state index contributed by atoms with van der Waals surface area (Å²) >= 11 is 1.55. The molecule has 0 saturated carbocycles. The van der Waals surface area contributed by atoms with Crippen molar-refractivity contribution in [2.45, 2.75) is 9.92 Å². The van der Waals surface area contributed by atoms with Gasteiger partial charge < -0.3 is 5.11 Å². The largest absolute Gasteiger partial charge is 0.507 e. The Morgan fingerprint density at radius 2 is 1.67 bits per heavy atom. The number of pyridine rings is 1. The first-order chi connectivity index (χ1) is 12.8. The molecule has 0 fully saturated rings. The number of phenolic OH excluding ortho intramolecular Hbond substituents is 1. The molecule has 0 aliphatic carbocycles. The summed E-state index contributed by atoms with van der Waals surface area (Å²) in [5, 5.41) is 11.0. The molecule has 0 aliphatic rings. The van der Waals surface area contributed by atoms with Crippen molar-refractivity contribution in [2.75, 3.05) is 0 Å². The first-order valence-electron chi connectivity index (χ1n) is 8.02. The van der Waals surface area contributed by atoms with Gasteiger partial charge in [0.2, 0.25) is 0 Å². The monoisotopic (exact) mass is 551 g/mol. The molecule has 1 N–H and O–H groups in total. The van der Waals surface area contributed by atoms with Crippen LogP contribution in [-0.2, 0) is 21.1 Å². The average Bonchev–Trinajstić information content (AvgIpc) is 2.69. The molecular weight excluding hydrogens is 537 g/mol. The molecule has 2 aromatic heterocycles. The average molecular weight is 552 g/mol. The smallest absolute Gasteiger partial charge is 0.154 e.